The normalized spacial score (nSPS) is 12.2. The molecule has 120 valence electrons. The Hall–Kier alpha value is -1.96. The molecule has 0 radical (unpaired) electrons. The number of para-hydroxylation sites is 1. The zero-order chi connectivity index (χ0) is 16.1. The molecule has 0 saturated carbocycles. The molecule has 0 fully saturated rings. The fourth-order valence-corrected chi connectivity index (χ4v) is 3.83. The van der Waals surface area contributed by atoms with Crippen LogP contribution in [-0.4, -0.2) is 30.0 Å². The summed E-state index contributed by atoms with van der Waals surface area (Å²) >= 11 is 3.22. The number of fused-ring (bicyclic) bond motifs is 1. The Bertz CT molecular complexity index is 736. The van der Waals surface area contributed by atoms with Gasteiger partial charge in [0, 0.05) is 24.4 Å². The molecule has 1 unspecified atom stereocenters. The highest BCUT2D eigenvalue weighted by molar-refractivity contribution is 7.22. The van der Waals surface area contributed by atoms with E-state index in [0.29, 0.717) is 19.5 Å². The van der Waals surface area contributed by atoms with Crippen molar-refractivity contribution in [3.8, 4) is 0 Å². The molecule has 3 rings (SSSR count). The summed E-state index contributed by atoms with van der Waals surface area (Å²) in [5, 5.41) is 8.93. The van der Waals surface area contributed by atoms with E-state index < -0.39 is 6.04 Å². The van der Waals surface area contributed by atoms with Crippen LogP contribution in [0.2, 0.25) is 0 Å². The van der Waals surface area contributed by atoms with Crippen molar-refractivity contribution in [1.29, 1.82) is 0 Å². The summed E-state index contributed by atoms with van der Waals surface area (Å²) < 4.78 is 1.15. The minimum atomic E-state index is -0.504. The molecule has 0 aliphatic rings. The second-order valence-electron chi connectivity index (χ2n) is 5.09. The molecular weight excluding hydrogens is 328 g/mol. The molecule has 0 bridgehead atoms. The van der Waals surface area contributed by atoms with Crippen molar-refractivity contribution in [2.45, 2.75) is 12.5 Å². The Balaban J connectivity index is 1.41. The van der Waals surface area contributed by atoms with Crippen LogP contribution >= 0.6 is 22.7 Å². The van der Waals surface area contributed by atoms with Crippen molar-refractivity contribution in [2.75, 3.05) is 18.4 Å². The highest BCUT2D eigenvalue weighted by atomic mass is 32.1. The van der Waals surface area contributed by atoms with E-state index in [0.717, 1.165) is 20.2 Å². The average molecular weight is 346 g/mol. The van der Waals surface area contributed by atoms with Crippen LogP contribution in [0.5, 0.6) is 0 Å². The number of carbonyl (C=O) groups is 1. The highest BCUT2D eigenvalue weighted by Gasteiger charge is 2.13. The van der Waals surface area contributed by atoms with Gasteiger partial charge in [-0.1, -0.05) is 29.5 Å². The summed E-state index contributed by atoms with van der Waals surface area (Å²) in [5.41, 5.74) is 6.90. The summed E-state index contributed by atoms with van der Waals surface area (Å²) in [6.07, 6.45) is 0.578. The van der Waals surface area contributed by atoms with Crippen LogP contribution < -0.4 is 16.4 Å². The molecular formula is C16H18N4OS2. The number of hydrogen-bond donors (Lipinski definition) is 3. The fourth-order valence-electron chi connectivity index (χ4n) is 2.17. The molecule has 0 aliphatic heterocycles. The highest BCUT2D eigenvalue weighted by Crippen LogP contribution is 2.24. The first-order chi connectivity index (χ1) is 11.2. The number of aromatic nitrogens is 1. The van der Waals surface area contributed by atoms with Crippen LogP contribution in [-0.2, 0) is 11.2 Å². The third kappa shape index (κ3) is 4.28. The van der Waals surface area contributed by atoms with E-state index in [1.165, 1.54) is 0 Å². The van der Waals surface area contributed by atoms with E-state index >= 15 is 0 Å². The number of hydrogen-bond acceptors (Lipinski definition) is 6. The van der Waals surface area contributed by atoms with Gasteiger partial charge < -0.3 is 16.4 Å². The largest absolute Gasteiger partial charge is 0.360 e. The van der Waals surface area contributed by atoms with E-state index in [1.54, 1.807) is 22.7 Å². The molecule has 1 atom stereocenters. The van der Waals surface area contributed by atoms with Gasteiger partial charge in [0.1, 0.15) is 0 Å². The molecule has 0 saturated heterocycles. The first-order valence-electron chi connectivity index (χ1n) is 7.37. The summed E-state index contributed by atoms with van der Waals surface area (Å²) in [6, 6.07) is 11.5. The van der Waals surface area contributed by atoms with Gasteiger partial charge in [-0.3, -0.25) is 4.79 Å². The van der Waals surface area contributed by atoms with Crippen molar-refractivity contribution >= 4 is 43.9 Å². The lowest BCUT2D eigenvalue weighted by Crippen LogP contribution is -2.43. The number of thiazole rings is 1. The lowest BCUT2D eigenvalue weighted by atomic mass is 10.2. The monoisotopic (exact) mass is 346 g/mol. The van der Waals surface area contributed by atoms with Gasteiger partial charge in [-0.25, -0.2) is 4.98 Å². The molecule has 23 heavy (non-hydrogen) atoms. The lowest BCUT2D eigenvalue weighted by Gasteiger charge is -2.11. The van der Waals surface area contributed by atoms with Gasteiger partial charge in [0.15, 0.2) is 5.13 Å². The Morgan fingerprint density at radius 2 is 2.09 bits per heavy atom. The first-order valence-corrected chi connectivity index (χ1v) is 9.07. The zero-order valence-electron chi connectivity index (χ0n) is 12.5. The quantitative estimate of drug-likeness (QED) is 0.574. The maximum atomic E-state index is 11.9. The van der Waals surface area contributed by atoms with Crippen LogP contribution in [0.15, 0.2) is 41.8 Å². The number of amides is 1. The maximum Gasteiger partial charge on any atom is 0.237 e. The van der Waals surface area contributed by atoms with Crippen molar-refractivity contribution < 1.29 is 4.79 Å². The molecule has 1 amide bonds. The SMILES string of the molecule is NC(Cc1cccs1)C(=O)NCCNc1nc2ccccc2s1. The molecule has 4 N–H and O–H groups in total. The van der Waals surface area contributed by atoms with Gasteiger partial charge in [0.25, 0.3) is 0 Å². The molecule has 3 aromatic rings. The Labute approximate surface area is 142 Å². The zero-order valence-corrected chi connectivity index (χ0v) is 14.1. The number of nitrogens with two attached hydrogens (primary N) is 1. The van der Waals surface area contributed by atoms with Crippen LogP contribution in [0, 0.1) is 0 Å². The van der Waals surface area contributed by atoms with Crippen LogP contribution in [0.1, 0.15) is 4.88 Å². The molecule has 2 heterocycles. The van der Waals surface area contributed by atoms with Gasteiger partial charge in [0.05, 0.1) is 16.3 Å². The summed E-state index contributed by atoms with van der Waals surface area (Å²) in [7, 11) is 0. The average Bonchev–Trinajstić information content (AvgIpc) is 3.19. The third-order valence-electron chi connectivity index (χ3n) is 3.33. The second-order valence-corrected chi connectivity index (χ2v) is 7.16. The number of rotatable bonds is 7. The summed E-state index contributed by atoms with van der Waals surface area (Å²) in [5.74, 6) is -0.121. The molecule has 2 aromatic heterocycles. The van der Waals surface area contributed by atoms with Crippen LogP contribution in [0.4, 0.5) is 5.13 Å². The van der Waals surface area contributed by atoms with E-state index in [4.69, 9.17) is 5.73 Å². The smallest absolute Gasteiger partial charge is 0.237 e. The fraction of sp³-hybridized carbons (Fsp3) is 0.250. The number of thiophene rings is 1. The van der Waals surface area contributed by atoms with Gasteiger partial charge in [-0.15, -0.1) is 11.3 Å². The third-order valence-corrected chi connectivity index (χ3v) is 5.23. The van der Waals surface area contributed by atoms with E-state index in [1.807, 2.05) is 41.8 Å². The molecule has 0 spiro atoms. The number of nitrogens with zero attached hydrogens (tertiary/aromatic N) is 1. The lowest BCUT2D eigenvalue weighted by molar-refractivity contribution is -0.122. The molecule has 0 aliphatic carbocycles. The van der Waals surface area contributed by atoms with Gasteiger partial charge >= 0.3 is 0 Å². The van der Waals surface area contributed by atoms with Crippen molar-refractivity contribution in [1.82, 2.24) is 10.3 Å². The Kier molecular flexibility index (Phi) is 5.22. The van der Waals surface area contributed by atoms with Gasteiger partial charge in [-0.2, -0.15) is 0 Å². The number of benzene rings is 1. The molecule has 7 heteroatoms. The van der Waals surface area contributed by atoms with Gasteiger partial charge in [-0.05, 0) is 23.6 Å². The predicted molar refractivity (Wildman–Crippen MR) is 97.1 cm³/mol. The maximum absolute atomic E-state index is 11.9. The van der Waals surface area contributed by atoms with E-state index in [9.17, 15) is 4.79 Å². The second kappa shape index (κ2) is 7.54. The Morgan fingerprint density at radius 3 is 2.87 bits per heavy atom. The molecule has 1 aromatic carbocycles. The number of nitrogens with one attached hydrogen (secondary N) is 2. The van der Waals surface area contributed by atoms with Crippen LogP contribution in [0.3, 0.4) is 0 Å². The predicted octanol–water partition coefficient (Wildman–Crippen LogP) is 2.46. The first kappa shape index (κ1) is 15.9. The van der Waals surface area contributed by atoms with Crippen molar-refractivity contribution in [3.63, 3.8) is 0 Å². The van der Waals surface area contributed by atoms with E-state index in [2.05, 4.69) is 15.6 Å². The van der Waals surface area contributed by atoms with Crippen LogP contribution in [0.25, 0.3) is 10.2 Å². The standard InChI is InChI=1S/C16H18N4OS2/c17-12(10-11-4-3-9-22-11)15(21)18-7-8-19-16-20-13-5-1-2-6-14(13)23-16/h1-6,9,12H,7-8,10,17H2,(H,18,21)(H,19,20). The minimum absolute atomic E-state index is 0.121. The van der Waals surface area contributed by atoms with Crippen molar-refractivity contribution in [3.05, 3.63) is 46.7 Å². The summed E-state index contributed by atoms with van der Waals surface area (Å²) in [4.78, 5) is 17.6. The number of carbonyl (C=O) groups excluding carboxylic acids is 1. The topological polar surface area (TPSA) is 80.0 Å². The summed E-state index contributed by atoms with van der Waals surface area (Å²) in [6.45, 7) is 1.14. The van der Waals surface area contributed by atoms with Gasteiger partial charge in [0.2, 0.25) is 5.91 Å². The van der Waals surface area contributed by atoms with Crippen molar-refractivity contribution in [2.24, 2.45) is 5.73 Å². The molecule has 5 nitrogen and oxygen atoms in total. The Morgan fingerprint density at radius 1 is 1.22 bits per heavy atom. The number of anilines is 1. The van der Waals surface area contributed by atoms with E-state index in [-0.39, 0.29) is 5.91 Å². The minimum Gasteiger partial charge on any atom is -0.360 e.